The molecule has 2 rings (SSSR count). The summed E-state index contributed by atoms with van der Waals surface area (Å²) >= 11 is 0. The largest absolute Gasteiger partial charge is 0.392 e. The van der Waals surface area contributed by atoms with Gasteiger partial charge in [-0.2, -0.15) is 0 Å². The summed E-state index contributed by atoms with van der Waals surface area (Å²) in [4.78, 5) is 0. The van der Waals surface area contributed by atoms with E-state index >= 15 is 0 Å². The third-order valence-corrected chi connectivity index (χ3v) is 2.60. The Morgan fingerprint density at radius 1 is 0.667 bits per heavy atom. The van der Waals surface area contributed by atoms with Crippen LogP contribution >= 0.6 is 0 Å². The normalized spacial score (nSPS) is 10.2. The van der Waals surface area contributed by atoms with Crippen LogP contribution in [0.15, 0.2) is 72.8 Å². The maximum atomic E-state index is 8.00. The summed E-state index contributed by atoms with van der Waals surface area (Å²) in [5.74, 6) is 0. The van der Waals surface area contributed by atoms with Crippen LogP contribution in [0.3, 0.4) is 0 Å². The Balaban J connectivity index is 0.000000315. The average molecular weight is 286 g/mol. The smallest absolute Gasteiger partial charge is 0.0721 e. The van der Waals surface area contributed by atoms with Gasteiger partial charge in [0.15, 0.2) is 0 Å². The lowest BCUT2D eigenvalue weighted by Crippen LogP contribution is -1.93. The fraction of sp³-hybridized carbons (Fsp3) is 0.222. The van der Waals surface area contributed by atoms with Crippen LogP contribution in [0.1, 0.15) is 11.1 Å². The van der Waals surface area contributed by atoms with E-state index < -0.39 is 0 Å². The fourth-order valence-corrected chi connectivity index (χ4v) is 1.58. The van der Waals surface area contributed by atoms with Gasteiger partial charge in [-0.25, -0.2) is 0 Å². The molecule has 0 fully saturated rings. The van der Waals surface area contributed by atoms with Crippen molar-refractivity contribution < 1.29 is 14.9 Å². The van der Waals surface area contributed by atoms with Crippen molar-refractivity contribution in [2.75, 3.05) is 13.2 Å². The first-order valence-electron chi connectivity index (χ1n) is 6.89. The van der Waals surface area contributed by atoms with Gasteiger partial charge in [0.1, 0.15) is 0 Å². The summed E-state index contributed by atoms with van der Waals surface area (Å²) in [6, 6.07) is 20.4. The number of hydrogen-bond donors (Lipinski definition) is 2. The molecule has 0 spiro atoms. The molecule has 2 N–H and O–H groups in total. The van der Waals surface area contributed by atoms with Crippen LogP contribution in [0.2, 0.25) is 0 Å². The predicted octanol–water partition coefficient (Wildman–Crippen LogP) is 2.93. The second-order valence-electron chi connectivity index (χ2n) is 4.30. The quantitative estimate of drug-likeness (QED) is 0.803. The summed E-state index contributed by atoms with van der Waals surface area (Å²) in [6.07, 6.45) is 2.97. The molecule has 112 valence electrons. The molecule has 0 radical (unpaired) electrons. The van der Waals surface area contributed by atoms with E-state index in [1.165, 1.54) is 23.3 Å². The maximum Gasteiger partial charge on any atom is 0.0721 e. The van der Waals surface area contributed by atoms with Crippen LogP contribution in [0.25, 0.3) is 0 Å². The van der Waals surface area contributed by atoms with Crippen LogP contribution < -0.4 is 0 Å². The summed E-state index contributed by atoms with van der Waals surface area (Å²) in [5, 5.41) is 16.0. The number of rotatable bonds is 6. The number of aliphatic hydroxyl groups is 2. The number of benzene rings is 2. The molecule has 0 heterocycles. The van der Waals surface area contributed by atoms with Gasteiger partial charge in [-0.1, -0.05) is 72.8 Å². The monoisotopic (exact) mass is 286 g/mol. The zero-order valence-corrected chi connectivity index (χ0v) is 12.1. The molecule has 0 aliphatic carbocycles. The van der Waals surface area contributed by atoms with Gasteiger partial charge in [0.25, 0.3) is 0 Å². The standard InChI is InChI=1S/C14H14O.C4H8O2/c1-3-7-13(8-4-1)11-15-12-14-9-5-2-6-10-14;5-3-1-2-4-6/h1-10H,11-12H2;1-2,5-6H,3-4H2. The molecular formula is C18H22O3. The molecule has 0 amide bonds. The first-order chi connectivity index (χ1) is 10.4. The van der Waals surface area contributed by atoms with E-state index in [9.17, 15) is 0 Å². The maximum absolute atomic E-state index is 8.00. The van der Waals surface area contributed by atoms with Crippen molar-refractivity contribution in [3.05, 3.63) is 83.9 Å². The Bertz CT molecular complexity index is 435. The zero-order chi connectivity index (χ0) is 15.2. The fourth-order valence-electron chi connectivity index (χ4n) is 1.58. The van der Waals surface area contributed by atoms with Gasteiger partial charge in [0, 0.05) is 0 Å². The molecule has 0 unspecified atom stereocenters. The molecule has 0 aliphatic heterocycles. The van der Waals surface area contributed by atoms with E-state index in [4.69, 9.17) is 14.9 Å². The topological polar surface area (TPSA) is 49.7 Å². The van der Waals surface area contributed by atoms with E-state index in [0.717, 1.165) is 0 Å². The highest BCUT2D eigenvalue weighted by molar-refractivity contribution is 5.15. The summed E-state index contributed by atoms with van der Waals surface area (Å²) in [5.41, 5.74) is 2.43. The highest BCUT2D eigenvalue weighted by Crippen LogP contribution is 2.05. The molecule has 0 saturated carbocycles. The second-order valence-corrected chi connectivity index (χ2v) is 4.30. The number of aliphatic hydroxyl groups excluding tert-OH is 2. The summed E-state index contributed by atoms with van der Waals surface area (Å²) in [6.45, 7) is 1.38. The van der Waals surface area contributed by atoms with Crippen molar-refractivity contribution in [3.8, 4) is 0 Å². The molecule has 3 heteroatoms. The lowest BCUT2D eigenvalue weighted by atomic mass is 10.2. The van der Waals surface area contributed by atoms with Gasteiger partial charge in [0.2, 0.25) is 0 Å². The van der Waals surface area contributed by atoms with E-state index in [2.05, 4.69) is 24.3 Å². The highest BCUT2D eigenvalue weighted by Gasteiger charge is 1.93. The lowest BCUT2D eigenvalue weighted by molar-refractivity contribution is 0.107. The first-order valence-corrected chi connectivity index (χ1v) is 6.89. The van der Waals surface area contributed by atoms with E-state index in [-0.39, 0.29) is 13.2 Å². The number of hydrogen-bond acceptors (Lipinski definition) is 3. The van der Waals surface area contributed by atoms with E-state index in [0.29, 0.717) is 13.2 Å². The Kier molecular flexibility index (Phi) is 9.66. The average Bonchev–Trinajstić information content (AvgIpc) is 2.55. The molecule has 0 aliphatic rings. The van der Waals surface area contributed by atoms with Crippen LogP contribution in [-0.4, -0.2) is 23.4 Å². The third-order valence-electron chi connectivity index (χ3n) is 2.60. The third kappa shape index (κ3) is 8.76. The van der Waals surface area contributed by atoms with Gasteiger partial charge in [-0.05, 0) is 11.1 Å². The molecule has 0 atom stereocenters. The molecule has 0 bridgehead atoms. The van der Waals surface area contributed by atoms with Gasteiger partial charge < -0.3 is 14.9 Å². The van der Waals surface area contributed by atoms with Gasteiger partial charge in [0.05, 0.1) is 26.4 Å². The van der Waals surface area contributed by atoms with Crippen molar-refractivity contribution in [2.24, 2.45) is 0 Å². The Hall–Kier alpha value is -1.94. The van der Waals surface area contributed by atoms with Crippen molar-refractivity contribution in [1.82, 2.24) is 0 Å². The van der Waals surface area contributed by atoms with Gasteiger partial charge >= 0.3 is 0 Å². The molecule has 0 aromatic heterocycles. The highest BCUT2D eigenvalue weighted by atomic mass is 16.5. The van der Waals surface area contributed by atoms with Crippen LogP contribution in [0.5, 0.6) is 0 Å². The second kappa shape index (κ2) is 11.9. The minimum absolute atomic E-state index is 0.0144. The Morgan fingerprint density at radius 2 is 1.05 bits per heavy atom. The summed E-state index contributed by atoms with van der Waals surface area (Å²) in [7, 11) is 0. The van der Waals surface area contributed by atoms with Crippen LogP contribution in [0, 0.1) is 0 Å². The van der Waals surface area contributed by atoms with Crippen molar-refractivity contribution in [2.45, 2.75) is 13.2 Å². The van der Waals surface area contributed by atoms with Gasteiger partial charge in [-0.3, -0.25) is 0 Å². The minimum Gasteiger partial charge on any atom is -0.392 e. The molecule has 2 aromatic carbocycles. The Morgan fingerprint density at radius 3 is 1.38 bits per heavy atom. The van der Waals surface area contributed by atoms with E-state index in [1.54, 1.807) is 0 Å². The predicted molar refractivity (Wildman–Crippen MR) is 84.7 cm³/mol. The van der Waals surface area contributed by atoms with E-state index in [1.807, 2.05) is 36.4 Å². The van der Waals surface area contributed by atoms with Crippen LogP contribution in [-0.2, 0) is 18.0 Å². The molecular weight excluding hydrogens is 264 g/mol. The van der Waals surface area contributed by atoms with Crippen molar-refractivity contribution in [3.63, 3.8) is 0 Å². The molecule has 3 nitrogen and oxygen atoms in total. The van der Waals surface area contributed by atoms with Gasteiger partial charge in [-0.15, -0.1) is 0 Å². The van der Waals surface area contributed by atoms with Crippen LogP contribution in [0.4, 0.5) is 0 Å². The summed E-state index contributed by atoms with van der Waals surface area (Å²) < 4.78 is 5.61. The Labute approximate surface area is 126 Å². The molecule has 2 aromatic rings. The lowest BCUT2D eigenvalue weighted by Gasteiger charge is -2.03. The van der Waals surface area contributed by atoms with Crippen molar-refractivity contribution >= 4 is 0 Å². The van der Waals surface area contributed by atoms with Crippen molar-refractivity contribution in [1.29, 1.82) is 0 Å². The molecule has 0 saturated heterocycles. The molecule has 21 heavy (non-hydrogen) atoms. The zero-order valence-electron chi connectivity index (χ0n) is 12.1. The first kappa shape index (κ1) is 17.1. The number of ether oxygens (including phenoxy) is 1. The SMILES string of the molecule is OCC=CCO.c1ccc(COCc2ccccc2)cc1. The minimum atomic E-state index is 0.0144.